The van der Waals surface area contributed by atoms with E-state index >= 15 is 0 Å². The summed E-state index contributed by atoms with van der Waals surface area (Å²) in [5, 5.41) is 9.12. The van der Waals surface area contributed by atoms with Crippen molar-refractivity contribution >= 4 is 17.2 Å². The summed E-state index contributed by atoms with van der Waals surface area (Å²) in [6, 6.07) is 8.46. The van der Waals surface area contributed by atoms with Crippen LogP contribution in [0.5, 0.6) is 0 Å². The largest absolute Gasteiger partial charge is 0.354 e. The van der Waals surface area contributed by atoms with Crippen LogP contribution >= 0.6 is 11.3 Å². The highest BCUT2D eigenvalue weighted by Gasteiger charge is 2.08. The molecule has 2 aromatic rings. The summed E-state index contributed by atoms with van der Waals surface area (Å²) in [4.78, 5) is 16.5. The molecule has 0 aliphatic rings. The van der Waals surface area contributed by atoms with Gasteiger partial charge in [-0.3, -0.25) is 4.79 Å². The first-order valence-corrected chi connectivity index (χ1v) is 9.12. The molecule has 0 aliphatic carbocycles. The van der Waals surface area contributed by atoms with E-state index in [0.717, 1.165) is 42.2 Å². The molecule has 0 fully saturated rings. The molecule has 124 valence electrons. The van der Waals surface area contributed by atoms with E-state index in [-0.39, 0.29) is 5.91 Å². The van der Waals surface area contributed by atoms with Crippen LogP contribution in [0.1, 0.15) is 31.5 Å². The molecule has 0 radical (unpaired) electrons. The third kappa shape index (κ3) is 5.77. The fraction of sp³-hybridized carbons (Fsp3) is 0.444. The molecule has 1 aromatic carbocycles. The highest BCUT2D eigenvalue weighted by atomic mass is 32.1. The minimum absolute atomic E-state index is 0.0291. The zero-order valence-corrected chi connectivity index (χ0v) is 14.7. The summed E-state index contributed by atoms with van der Waals surface area (Å²) in [6.07, 6.45) is 2.49. The Morgan fingerprint density at radius 2 is 1.91 bits per heavy atom. The molecule has 0 saturated carbocycles. The van der Waals surface area contributed by atoms with Crippen LogP contribution in [0.15, 0.2) is 29.6 Å². The summed E-state index contributed by atoms with van der Waals surface area (Å²) in [6.45, 7) is 6.73. The lowest BCUT2D eigenvalue weighted by Crippen LogP contribution is -2.33. The molecule has 5 heteroatoms. The van der Waals surface area contributed by atoms with Crippen LogP contribution in [0.3, 0.4) is 0 Å². The van der Waals surface area contributed by atoms with Crippen molar-refractivity contribution in [2.45, 2.75) is 33.1 Å². The first kappa shape index (κ1) is 17.6. The van der Waals surface area contributed by atoms with E-state index in [0.29, 0.717) is 13.0 Å². The molecule has 0 spiro atoms. The van der Waals surface area contributed by atoms with E-state index in [9.17, 15) is 4.79 Å². The van der Waals surface area contributed by atoms with Crippen molar-refractivity contribution in [3.05, 3.63) is 40.9 Å². The normalized spacial score (nSPS) is 10.7. The second-order valence-electron chi connectivity index (χ2n) is 5.47. The van der Waals surface area contributed by atoms with Gasteiger partial charge in [-0.05, 0) is 24.9 Å². The van der Waals surface area contributed by atoms with Gasteiger partial charge >= 0.3 is 0 Å². The topological polar surface area (TPSA) is 54.0 Å². The van der Waals surface area contributed by atoms with Crippen LogP contribution in [-0.2, 0) is 17.6 Å². The van der Waals surface area contributed by atoms with E-state index in [1.165, 1.54) is 5.56 Å². The maximum Gasteiger partial charge on any atom is 0.226 e. The summed E-state index contributed by atoms with van der Waals surface area (Å²) < 4.78 is 0. The molecule has 0 atom stereocenters. The molecule has 2 rings (SSSR count). The molecule has 0 unspecified atom stereocenters. The van der Waals surface area contributed by atoms with Crippen LogP contribution in [0.25, 0.3) is 10.6 Å². The molecule has 4 nitrogen and oxygen atoms in total. The fourth-order valence-corrected chi connectivity index (χ4v) is 3.05. The van der Waals surface area contributed by atoms with E-state index in [1.54, 1.807) is 11.3 Å². The van der Waals surface area contributed by atoms with Crippen molar-refractivity contribution in [3.63, 3.8) is 0 Å². The van der Waals surface area contributed by atoms with Gasteiger partial charge in [0.05, 0.1) is 12.1 Å². The molecule has 0 saturated heterocycles. The Morgan fingerprint density at radius 3 is 2.61 bits per heavy atom. The van der Waals surface area contributed by atoms with Gasteiger partial charge in [0.2, 0.25) is 5.91 Å². The quantitative estimate of drug-likeness (QED) is 0.695. The average Bonchev–Trinajstić information content (AvgIpc) is 3.03. The molecule has 2 N–H and O–H groups in total. The van der Waals surface area contributed by atoms with Gasteiger partial charge in [-0.1, -0.05) is 38.1 Å². The number of nitrogens with one attached hydrogen (secondary N) is 2. The SMILES string of the molecule is CCCNCCNC(=O)Cc1csc(-c2ccc(CC)cc2)n1. The number of amides is 1. The van der Waals surface area contributed by atoms with Gasteiger partial charge in [-0.15, -0.1) is 11.3 Å². The molecule has 1 heterocycles. The van der Waals surface area contributed by atoms with Gasteiger partial charge in [0, 0.05) is 24.0 Å². The Labute approximate surface area is 142 Å². The first-order valence-electron chi connectivity index (χ1n) is 8.24. The third-order valence-electron chi connectivity index (χ3n) is 3.55. The number of aromatic nitrogens is 1. The van der Waals surface area contributed by atoms with Gasteiger partial charge < -0.3 is 10.6 Å². The third-order valence-corrected chi connectivity index (χ3v) is 4.49. The van der Waals surface area contributed by atoms with E-state index < -0.39 is 0 Å². The van der Waals surface area contributed by atoms with E-state index in [2.05, 4.69) is 53.7 Å². The molecular weight excluding hydrogens is 306 g/mol. The van der Waals surface area contributed by atoms with Crippen molar-refractivity contribution < 1.29 is 4.79 Å². The molecule has 1 amide bonds. The van der Waals surface area contributed by atoms with Crippen LogP contribution in [0.2, 0.25) is 0 Å². The van der Waals surface area contributed by atoms with Gasteiger partial charge in [-0.25, -0.2) is 4.98 Å². The molecular formula is C18H25N3OS. The van der Waals surface area contributed by atoms with Crippen molar-refractivity contribution in [2.75, 3.05) is 19.6 Å². The standard InChI is InChI=1S/C18H25N3OS/c1-3-9-19-10-11-20-17(22)12-16-13-23-18(21-16)15-7-5-14(4-2)6-8-15/h5-8,13,19H,3-4,9-12H2,1-2H3,(H,20,22). The highest BCUT2D eigenvalue weighted by Crippen LogP contribution is 2.24. The van der Waals surface area contributed by atoms with Crippen molar-refractivity contribution in [2.24, 2.45) is 0 Å². The van der Waals surface area contributed by atoms with Gasteiger partial charge in [-0.2, -0.15) is 0 Å². The zero-order chi connectivity index (χ0) is 16.5. The minimum Gasteiger partial charge on any atom is -0.354 e. The van der Waals surface area contributed by atoms with Crippen LogP contribution < -0.4 is 10.6 Å². The van der Waals surface area contributed by atoms with Crippen LogP contribution in [0.4, 0.5) is 0 Å². The lowest BCUT2D eigenvalue weighted by molar-refractivity contribution is -0.120. The van der Waals surface area contributed by atoms with Gasteiger partial charge in [0.25, 0.3) is 0 Å². The number of carbonyl (C=O) groups is 1. The summed E-state index contributed by atoms with van der Waals surface area (Å²) in [5.41, 5.74) is 3.27. The van der Waals surface area contributed by atoms with Crippen molar-refractivity contribution in [3.8, 4) is 10.6 Å². The summed E-state index contributed by atoms with van der Waals surface area (Å²) >= 11 is 1.59. The second kappa shape index (κ2) is 9.43. The highest BCUT2D eigenvalue weighted by molar-refractivity contribution is 7.13. The number of aryl methyl sites for hydroxylation is 1. The molecule has 0 aliphatic heterocycles. The monoisotopic (exact) mass is 331 g/mol. The predicted molar refractivity (Wildman–Crippen MR) is 96.8 cm³/mol. The van der Waals surface area contributed by atoms with Crippen molar-refractivity contribution in [1.29, 1.82) is 0 Å². The number of hydrogen-bond donors (Lipinski definition) is 2. The fourth-order valence-electron chi connectivity index (χ4n) is 2.22. The van der Waals surface area contributed by atoms with Gasteiger partial charge in [0.15, 0.2) is 0 Å². The molecule has 1 aromatic heterocycles. The lowest BCUT2D eigenvalue weighted by atomic mass is 10.1. The maximum absolute atomic E-state index is 11.9. The number of benzene rings is 1. The van der Waals surface area contributed by atoms with Crippen LogP contribution in [0, 0.1) is 0 Å². The number of rotatable bonds is 9. The molecule has 0 bridgehead atoms. The van der Waals surface area contributed by atoms with Crippen molar-refractivity contribution in [1.82, 2.24) is 15.6 Å². The first-order chi connectivity index (χ1) is 11.2. The second-order valence-corrected chi connectivity index (χ2v) is 6.33. The summed E-state index contributed by atoms with van der Waals surface area (Å²) in [7, 11) is 0. The summed E-state index contributed by atoms with van der Waals surface area (Å²) in [5.74, 6) is 0.0291. The van der Waals surface area contributed by atoms with E-state index in [4.69, 9.17) is 0 Å². The number of nitrogens with zero attached hydrogens (tertiary/aromatic N) is 1. The zero-order valence-electron chi connectivity index (χ0n) is 13.9. The Balaban J connectivity index is 1.83. The predicted octanol–water partition coefficient (Wildman–Crippen LogP) is 3.03. The maximum atomic E-state index is 11.9. The smallest absolute Gasteiger partial charge is 0.226 e. The number of carbonyl (C=O) groups excluding carboxylic acids is 1. The van der Waals surface area contributed by atoms with E-state index in [1.807, 2.05) is 5.38 Å². The minimum atomic E-state index is 0.0291. The molecule has 23 heavy (non-hydrogen) atoms. The Morgan fingerprint density at radius 1 is 1.13 bits per heavy atom. The number of hydrogen-bond acceptors (Lipinski definition) is 4. The lowest BCUT2D eigenvalue weighted by Gasteiger charge is -2.05. The van der Waals surface area contributed by atoms with Crippen LogP contribution in [-0.4, -0.2) is 30.5 Å². The van der Waals surface area contributed by atoms with Gasteiger partial charge in [0.1, 0.15) is 5.01 Å². The Bertz CT molecular complexity index is 607. The Kier molecular flexibility index (Phi) is 7.23. The number of thiazole rings is 1. The Hall–Kier alpha value is -1.72. The average molecular weight is 331 g/mol.